The number of likely N-dealkylation sites (N-methyl/N-ethyl adjacent to an activating group) is 1. The molecule has 0 saturated carbocycles. The third-order valence-electron chi connectivity index (χ3n) is 6.53. The summed E-state index contributed by atoms with van der Waals surface area (Å²) in [6.45, 7) is 5.20. The first-order valence-corrected chi connectivity index (χ1v) is 11.0. The number of hydrogen-bond acceptors (Lipinski definition) is 5. The van der Waals surface area contributed by atoms with Crippen molar-refractivity contribution in [2.45, 2.75) is 31.2 Å². The average Bonchev–Trinajstić information content (AvgIpc) is 3.09. The molecule has 30 heavy (non-hydrogen) atoms. The summed E-state index contributed by atoms with van der Waals surface area (Å²) < 4.78 is 12.6. The van der Waals surface area contributed by atoms with Gasteiger partial charge in [-0.2, -0.15) is 0 Å². The first-order valence-electron chi connectivity index (χ1n) is 11.0. The van der Waals surface area contributed by atoms with Crippen LogP contribution < -0.4 is 10.1 Å². The Morgan fingerprint density at radius 3 is 2.87 bits per heavy atom. The number of methoxy groups -OCH3 is 1. The van der Waals surface area contributed by atoms with Crippen molar-refractivity contribution in [3.8, 4) is 5.75 Å². The predicted octanol–water partition coefficient (Wildman–Crippen LogP) is 2.81. The lowest BCUT2D eigenvalue weighted by Crippen LogP contribution is -2.65. The Morgan fingerprint density at radius 2 is 2.17 bits per heavy atom. The molecule has 3 heterocycles. The van der Waals surface area contributed by atoms with Crippen LogP contribution in [0.3, 0.4) is 0 Å². The molecule has 0 aliphatic carbocycles. The summed E-state index contributed by atoms with van der Waals surface area (Å²) in [4.78, 5) is 17.7. The number of amides is 1. The van der Waals surface area contributed by atoms with Crippen molar-refractivity contribution in [2.75, 3.05) is 60.6 Å². The van der Waals surface area contributed by atoms with Crippen LogP contribution in [-0.2, 0) is 11.2 Å². The van der Waals surface area contributed by atoms with E-state index in [0.717, 1.165) is 55.9 Å². The highest BCUT2D eigenvalue weighted by molar-refractivity contribution is 5.94. The monoisotopic (exact) mass is 416 g/mol. The molecule has 1 aromatic heterocycles. The van der Waals surface area contributed by atoms with Gasteiger partial charge in [0.1, 0.15) is 5.75 Å². The molecule has 4 rings (SSSR count). The lowest BCUT2D eigenvalue weighted by molar-refractivity contribution is -0.155. The summed E-state index contributed by atoms with van der Waals surface area (Å²) in [5, 5.41) is 4.24. The van der Waals surface area contributed by atoms with Crippen molar-refractivity contribution in [1.82, 2.24) is 19.7 Å². The number of fused-ring (bicyclic) bond motifs is 1. The van der Waals surface area contributed by atoms with E-state index >= 15 is 0 Å². The standard InChI is InChI=1S/C23H34N4O3.H2/c1-25(2)12-8-18-15-27(21-14-19(29-3)6-7-20(18)21)22(28)24-10-13-26-11-5-4-9-23(26)16-30-17-23;/h6-7,14-15H,4-5,8-13,16-17H2,1-3H3,(H,24,28);1H. The van der Waals surface area contributed by atoms with Gasteiger partial charge >= 0.3 is 6.03 Å². The van der Waals surface area contributed by atoms with Crippen molar-refractivity contribution in [3.63, 3.8) is 0 Å². The Hall–Kier alpha value is -2.09. The predicted molar refractivity (Wildman–Crippen MR) is 121 cm³/mol. The molecule has 1 spiro atoms. The van der Waals surface area contributed by atoms with Gasteiger partial charge in [-0.15, -0.1) is 0 Å². The van der Waals surface area contributed by atoms with Gasteiger partial charge in [0, 0.05) is 38.7 Å². The Labute approximate surface area is 180 Å². The molecular weight excluding hydrogens is 380 g/mol. The van der Waals surface area contributed by atoms with Gasteiger partial charge in [0.2, 0.25) is 0 Å². The van der Waals surface area contributed by atoms with Crippen LogP contribution in [0.2, 0.25) is 0 Å². The minimum atomic E-state index is -0.0831. The van der Waals surface area contributed by atoms with Crippen LogP contribution >= 0.6 is 0 Å². The van der Waals surface area contributed by atoms with Crippen LogP contribution in [0.5, 0.6) is 5.75 Å². The van der Waals surface area contributed by atoms with Gasteiger partial charge in [0.25, 0.3) is 0 Å². The van der Waals surface area contributed by atoms with E-state index < -0.39 is 0 Å². The second kappa shape index (κ2) is 8.96. The van der Waals surface area contributed by atoms with Crippen LogP contribution in [0.4, 0.5) is 4.79 Å². The highest BCUT2D eigenvalue weighted by Crippen LogP contribution is 2.34. The number of nitrogens with one attached hydrogen (secondary N) is 1. The maximum atomic E-state index is 13.1. The van der Waals surface area contributed by atoms with Gasteiger partial charge in [-0.3, -0.25) is 9.47 Å². The molecule has 2 aliphatic rings. The fourth-order valence-electron chi connectivity index (χ4n) is 4.66. The molecule has 2 aromatic rings. The fourth-order valence-corrected chi connectivity index (χ4v) is 4.66. The Morgan fingerprint density at radius 1 is 1.33 bits per heavy atom. The van der Waals surface area contributed by atoms with E-state index in [9.17, 15) is 4.79 Å². The number of rotatable bonds is 7. The van der Waals surface area contributed by atoms with Crippen molar-refractivity contribution < 1.29 is 15.7 Å². The van der Waals surface area contributed by atoms with Gasteiger partial charge in [-0.25, -0.2) is 4.79 Å². The molecule has 0 atom stereocenters. The van der Waals surface area contributed by atoms with Crippen molar-refractivity contribution in [1.29, 1.82) is 0 Å². The summed E-state index contributed by atoms with van der Waals surface area (Å²) in [6.07, 6.45) is 6.59. The lowest BCUT2D eigenvalue weighted by atomic mass is 9.85. The van der Waals surface area contributed by atoms with Gasteiger partial charge < -0.3 is 19.7 Å². The SMILES string of the molecule is COc1ccc2c(CCN(C)C)cn(C(=O)NCCN3CCCCC34COC4)c2c1.[HH]. The minimum absolute atomic E-state index is 0. The number of benzene rings is 1. The van der Waals surface area contributed by atoms with E-state index in [2.05, 4.69) is 35.3 Å². The van der Waals surface area contributed by atoms with E-state index in [1.165, 1.54) is 24.8 Å². The van der Waals surface area contributed by atoms with Crippen LogP contribution in [-0.4, -0.2) is 86.5 Å². The number of aromatic nitrogens is 1. The fraction of sp³-hybridized carbons (Fsp3) is 0.609. The third-order valence-corrected chi connectivity index (χ3v) is 6.53. The zero-order valence-electron chi connectivity index (χ0n) is 18.4. The largest absolute Gasteiger partial charge is 0.497 e. The number of piperidine rings is 1. The molecule has 2 saturated heterocycles. The Balaban J connectivity index is 0.00000272. The second-order valence-corrected chi connectivity index (χ2v) is 8.85. The summed E-state index contributed by atoms with van der Waals surface area (Å²) in [5.74, 6) is 0.758. The summed E-state index contributed by atoms with van der Waals surface area (Å²) in [5.41, 5.74) is 2.29. The number of carbonyl (C=O) groups is 1. The topological polar surface area (TPSA) is 59.0 Å². The summed E-state index contributed by atoms with van der Waals surface area (Å²) >= 11 is 0. The Bertz CT molecular complexity index is 894. The van der Waals surface area contributed by atoms with Crippen molar-refractivity contribution in [3.05, 3.63) is 30.0 Å². The van der Waals surface area contributed by atoms with Crippen LogP contribution in [0.1, 0.15) is 26.3 Å². The second-order valence-electron chi connectivity index (χ2n) is 8.85. The van der Waals surface area contributed by atoms with Crippen LogP contribution in [0, 0.1) is 0 Å². The quantitative estimate of drug-likeness (QED) is 0.752. The van der Waals surface area contributed by atoms with Crippen molar-refractivity contribution >= 4 is 16.9 Å². The van der Waals surface area contributed by atoms with Crippen molar-refractivity contribution in [2.24, 2.45) is 0 Å². The number of likely N-dealkylation sites (tertiary alicyclic amines) is 1. The highest BCUT2D eigenvalue weighted by atomic mass is 16.5. The summed E-state index contributed by atoms with van der Waals surface area (Å²) in [6, 6.07) is 5.87. The molecule has 1 N–H and O–H groups in total. The smallest absolute Gasteiger partial charge is 0.326 e. The number of carbonyl (C=O) groups excluding carboxylic acids is 1. The van der Waals surface area contributed by atoms with Gasteiger partial charge in [-0.1, -0.05) is 6.42 Å². The number of ether oxygens (including phenoxy) is 2. The van der Waals surface area contributed by atoms with E-state index in [1.54, 1.807) is 11.7 Å². The van der Waals surface area contributed by atoms with Gasteiger partial charge in [0.05, 0.1) is 31.4 Å². The van der Waals surface area contributed by atoms with Gasteiger partial charge in [-0.05, 0) is 57.6 Å². The molecule has 7 nitrogen and oxygen atoms in total. The van der Waals surface area contributed by atoms with Crippen LogP contribution in [0.15, 0.2) is 24.4 Å². The molecule has 2 aliphatic heterocycles. The van der Waals surface area contributed by atoms with E-state index in [1.807, 2.05) is 18.3 Å². The molecule has 1 amide bonds. The zero-order valence-corrected chi connectivity index (χ0v) is 18.4. The molecule has 0 radical (unpaired) electrons. The normalized spacial score (nSPS) is 18.7. The molecule has 0 bridgehead atoms. The Kier molecular flexibility index (Phi) is 6.32. The molecule has 0 unspecified atom stereocenters. The van der Waals surface area contributed by atoms with Crippen LogP contribution in [0.25, 0.3) is 10.9 Å². The van der Waals surface area contributed by atoms with E-state index in [4.69, 9.17) is 9.47 Å². The number of hydrogen-bond donors (Lipinski definition) is 1. The minimum Gasteiger partial charge on any atom is -0.497 e. The number of nitrogens with zero attached hydrogens (tertiary/aromatic N) is 3. The molecular formula is C23H36N4O3. The third kappa shape index (κ3) is 4.19. The highest BCUT2D eigenvalue weighted by Gasteiger charge is 2.44. The molecule has 1 aromatic carbocycles. The average molecular weight is 417 g/mol. The molecule has 7 heteroatoms. The molecule has 166 valence electrons. The first kappa shape index (κ1) is 21.2. The first-order chi connectivity index (χ1) is 14.5. The van der Waals surface area contributed by atoms with E-state index in [-0.39, 0.29) is 13.0 Å². The van der Waals surface area contributed by atoms with E-state index in [0.29, 0.717) is 6.54 Å². The molecule has 2 fully saturated rings. The summed E-state index contributed by atoms with van der Waals surface area (Å²) in [7, 11) is 5.78. The maximum absolute atomic E-state index is 13.1. The lowest BCUT2D eigenvalue weighted by Gasteiger charge is -2.52. The zero-order chi connectivity index (χ0) is 21.1. The van der Waals surface area contributed by atoms with Gasteiger partial charge in [0.15, 0.2) is 0 Å². The maximum Gasteiger partial charge on any atom is 0.326 e.